The van der Waals surface area contributed by atoms with Crippen LogP contribution in [0.2, 0.25) is 0 Å². The highest BCUT2D eigenvalue weighted by Crippen LogP contribution is 2.15. The average Bonchev–Trinajstić information content (AvgIpc) is 2.37. The van der Waals surface area contributed by atoms with Crippen molar-refractivity contribution < 1.29 is 8.42 Å². The van der Waals surface area contributed by atoms with Crippen LogP contribution in [0.1, 0.15) is 32.3 Å². The molecule has 1 aromatic carbocycles. The van der Waals surface area contributed by atoms with Crippen LogP contribution in [-0.4, -0.2) is 26.8 Å². The van der Waals surface area contributed by atoms with Crippen LogP contribution in [0.25, 0.3) is 0 Å². The summed E-state index contributed by atoms with van der Waals surface area (Å²) in [5.41, 5.74) is 0.942. The third-order valence-electron chi connectivity index (χ3n) is 2.83. The van der Waals surface area contributed by atoms with E-state index in [2.05, 4.69) is 39.8 Å². The summed E-state index contributed by atoms with van der Waals surface area (Å²) in [6, 6.07) is 8.05. The van der Waals surface area contributed by atoms with E-state index in [1.807, 2.05) is 24.3 Å². The molecule has 2 N–H and O–H groups in total. The van der Waals surface area contributed by atoms with Crippen molar-refractivity contribution in [2.45, 2.75) is 39.3 Å². The van der Waals surface area contributed by atoms with Crippen molar-refractivity contribution in [3.05, 3.63) is 34.3 Å². The summed E-state index contributed by atoms with van der Waals surface area (Å²) in [4.78, 5) is 0. The second-order valence-corrected chi connectivity index (χ2v) is 7.83. The van der Waals surface area contributed by atoms with Gasteiger partial charge in [0.2, 0.25) is 10.0 Å². The lowest BCUT2D eigenvalue weighted by Gasteiger charge is -2.09. The Hall–Kier alpha value is -0.430. The van der Waals surface area contributed by atoms with E-state index in [1.165, 1.54) is 0 Å². The van der Waals surface area contributed by atoms with Crippen molar-refractivity contribution in [3.8, 4) is 0 Å². The highest BCUT2D eigenvalue weighted by Gasteiger charge is 2.10. The molecule has 0 radical (unpaired) electrons. The molecule has 6 heteroatoms. The molecule has 0 aliphatic carbocycles. The molecule has 1 aromatic rings. The predicted octanol–water partition coefficient (Wildman–Crippen LogP) is 2.65. The maximum absolute atomic E-state index is 11.9. The first-order valence-electron chi connectivity index (χ1n) is 6.85. The van der Waals surface area contributed by atoms with Gasteiger partial charge in [-0.15, -0.1) is 0 Å². The average molecular weight is 363 g/mol. The molecule has 0 spiro atoms. The summed E-state index contributed by atoms with van der Waals surface area (Å²) in [6.45, 7) is 5.34. The van der Waals surface area contributed by atoms with Crippen LogP contribution in [0.5, 0.6) is 0 Å². The standard InChI is InChI=1S/C14H23BrN2O2S/c1-12(2)16-9-5-6-10-20(18,19)17-11-13-7-3-4-8-14(13)15/h3-4,7-8,12,16-17H,5-6,9-11H2,1-2H3. The van der Waals surface area contributed by atoms with Crippen LogP contribution in [0.15, 0.2) is 28.7 Å². The Kier molecular flexibility index (Phi) is 7.72. The van der Waals surface area contributed by atoms with Crippen molar-refractivity contribution >= 4 is 26.0 Å². The van der Waals surface area contributed by atoms with E-state index in [9.17, 15) is 8.42 Å². The molecule has 0 unspecified atom stereocenters. The van der Waals surface area contributed by atoms with Crippen molar-refractivity contribution in [2.75, 3.05) is 12.3 Å². The highest BCUT2D eigenvalue weighted by atomic mass is 79.9. The number of halogens is 1. The molecule has 0 aliphatic heterocycles. The van der Waals surface area contributed by atoms with E-state index in [1.54, 1.807) is 0 Å². The molecule has 4 nitrogen and oxygen atoms in total. The summed E-state index contributed by atoms with van der Waals surface area (Å²) in [7, 11) is -3.20. The minimum absolute atomic E-state index is 0.178. The fraction of sp³-hybridized carbons (Fsp3) is 0.571. The molecule has 0 bridgehead atoms. The Morgan fingerprint density at radius 2 is 1.90 bits per heavy atom. The maximum Gasteiger partial charge on any atom is 0.211 e. The second-order valence-electron chi connectivity index (χ2n) is 5.05. The summed E-state index contributed by atoms with van der Waals surface area (Å²) >= 11 is 3.41. The Bertz CT molecular complexity index is 504. The molecule has 0 saturated carbocycles. The lowest BCUT2D eigenvalue weighted by atomic mass is 10.2. The number of hydrogen-bond acceptors (Lipinski definition) is 3. The molecule has 1 rings (SSSR count). The molecule has 20 heavy (non-hydrogen) atoms. The minimum Gasteiger partial charge on any atom is -0.315 e. The van der Waals surface area contributed by atoms with Crippen LogP contribution in [0, 0.1) is 0 Å². The molecule has 114 valence electrons. The molecule has 0 amide bonds. The van der Waals surface area contributed by atoms with Crippen LogP contribution in [0.4, 0.5) is 0 Å². The second kappa shape index (κ2) is 8.77. The normalized spacial score (nSPS) is 12.0. The Morgan fingerprint density at radius 3 is 2.55 bits per heavy atom. The molecular formula is C14H23BrN2O2S. The SMILES string of the molecule is CC(C)NCCCCS(=O)(=O)NCc1ccccc1Br. The van der Waals surface area contributed by atoms with Crippen molar-refractivity contribution in [1.82, 2.24) is 10.0 Å². The number of sulfonamides is 1. The monoisotopic (exact) mass is 362 g/mol. The van der Waals surface area contributed by atoms with Crippen LogP contribution < -0.4 is 10.0 Å². The number of rotatable bonds is 9. The van der Waals surface area contributed by atoms with Crippen molar-refractivity contribution in [3.63, 3.8) is 0 Å². The van der Waals surface area contributed by atoms with Gasteiger partial charge in [-0.3, -0.25) is 0 Å². The van der Waals surface area contributed by atoms with E-state index in [4.69, 9.17) is 0 Å². The topological polar surface area (TPSA) is 58.2 Å². The number of hydrogen-bond donors (Lipinski definition) is 2. The number of nitrogens with one attached hydrogen (secondary N) is 2. The maximum atomic E-state index is 11.9. The van der Waals surface area contributed by atoms with Crippen molar-refractivity contribution in [2.24, 2.45) is 0 Å². The third kappa shape index (κ3) is 7.38. The van der Waals surface area contributed by atoms with Gasteiger partial charge in [0.1, 0.15) is 0 Å². The first kappa shape index (κ1) is 17.6. The molecule has 0 heterocycles. The molecule has 0 fully saturated rings. The quantitative estimate of drug-likeness (QED) is 0.663. The smallest absolute Gasteiger partial charge is 0.211 e. The fourth-order valence-corrected chi connectivity index (χ4v) is 3.24. The Morgan fingerprint density at radius 1 is 1.20 bits per heavy atom. The van der Waals surface area contributed by atoms with Gasteiger partial charge in [0.05, 0.1) is 5.75 Å². The zero-order chi connectivity index (χ0) is 15.0. The van der Waals surface area contributed by atoms with Gasteiger partial charge >= 0.3 is 0 Å². The van der Waals surface area contributed by atoms with E-state index >= 15 is 0 Å². The van der Waals surface area contributed by atoms with E-state index in [0.717, 1.165) is 23.0 Å². The zero-order valence-electron chi connectivity index (χ0n) is 12.0. The fourth-order valence-electron chi connectivity index (χ4n) is 1.71. The summed E-state index contributed by atoms with van der Waals surface area (Å²) in [5.74, 6) is 0.178. The molecule has 0 aliphatic rings. The summed E-state index contributed by atoms with van der Waals surface area (Å²) < 4.78 is 27.3. The Labute approximate surface area is 130 Å². The molecule has 0 saturated heterocycles. The number of unbranched alkanes of at least 4 members (excludes halogenated alkanes) is 1. The van der Waals surface area contributed by atoms with Gasteiger partial charge in [0, 0.05) is 17.1 Å². The van der Waals surface area contributed by atoms with Crippen LogP contribution in [0.3, 0.4) is 0 Å². The van der Waals surface area contributed by atoms with Gasteiger partial charge in [-0.25, -0.2) is 13.1 Å². The summed E-state index contributed by atoms with van der Waals surface area (Å²) in [6.07, 6.45) is 1.54. The van der Waals surface area contributed by atoms with E-state index < -0.39 is 10.0 Å². The third-order valence-corrected chi connectivity index (χ3v) is 5.02. The van der Waals surface area contributed by atoms with Gasteiger partial charge in [-0.1, -0.05) is 48.0 Å². The van der Waals surface area contributed by atoms with Gasteiger partial charge in [0.25, 0.3) is 0 Å². The first-order valence-corrected chi connectivity index (χ1v) is 9.29. The highest BCUT2D eigenvalue weighted by molar-refractivity contribution is 9.10. The first-order chi connectivity index (χ1) is 9.41. The Balaban J connectivity index is 2.30. The predicted molar refractivity (Wildman–Crippen MR) is 87.1 cm³/mol. The van der Waals surface area contributed by atoms with Gasteiger partial charge < -0.3 is 5.32 Å². The van der Waals surface area contributed by atoms with Gasteiger partial charge in [0.15, 0.2) is 0 Å². The minimum atomic E-state index is -3.20. The lowest BCUT2D eigenvalue weighted by molar-refractivity contribution is 0.555. The molecule has 0 atom stereocenters. The number of benzene rings is 1. The van der Waals surface area contributed by atoms with Crippen LogP contribution in [-0.2, 0) is 16.6 Å². The van der Waals surface area contributed by atoms with Gasteiger partial charge in [-0.2, -0.15) is 0 Å². The van der Waals surface area contributed by atoms with Gasteiger partial charge in [-0.05, 0) is 31.0 Å². The zero-order valence-corrected chi connectivity index (χ0v) is 14.4. The summed E-state index contributed by atoms with van der Waals surface area (Å²) in [5, 5.41) is 3.28. The largest absolute Gasteiger partial charge is 0.315 e. The van der Waals surface area contributed by atoms with Crippen molar-refractivity contribution in [1.29, 1.82) is 0 Å². The van der Waals surface area contributed by atoms with E-state index in [0.29, 0.717) is 19.0 Å². The molecule has 0 aromatic heterocycles. The molecular weight excluding hydrogens is 340 g/mol. The van der Waals surface area contributed by atoms with Crippen LogP contribution >= 0.6 is 15.9 Å². The van der Waals surface area contributed by atoms with E-state index in [-0.39, 0.29) is 5.75 Å². The lowest BCUT2D eigenvalue weighted by Crippen LogP contribution is -2.27.